The van der Waals surface area contributed by atoms with E-state index >= 15 is 0 Å². The molecule has 0 heterocycles. The van der Waals surface area contributed by atoms with E-state index in [4.69, 9.17) is 0 Å². The standard InChI is InChI=1S/C20H21FN2O2/c21-17-10-8-15(9-11-17)18(14-6-7-14)20(25)23-13-12-22-19(24)16-4-2-1-3-5-16/h1-5,8-11,14,18H,6-7,12-13H2,(H,22,24)(H,23,25). The topological polar surface area (TPSA) is 58.2 Å². The molecule has 5 heteroatoms. The molecule has 0 spiro atoms. The zero-order valence-electron chi connectivity index (χ0n) is 13.9. The molecule has 0 aromatic heterocycles. The van der Waals surface area contributed by atoms with Crippen LogP contribution in [-0.2, 0) is 4.79 Å². The van der Waals surface area contributed by atoms with Crippen molar-refractivity contribution in [1.82, 2.24) is 10.6 Å². The summed E-state index contributed by atoms with van der Waals surface area (Å²) in [5.74, 6) is -0.452. The van der Waals surface area contributed by atoms with Crippen molar-refractivity contribution in [2.75, 3.05) is 13.1 Å². The lowest BCUT2D eigenvalue weighted by Crippen LogP contribution is -2.37. The number of amides is 2. The second-order valence-corrected chi connectivity index (χ2v) is 6.28. The van der Waals surface area contributed by atoms with E-state index in [9.17, 15) is 14.0 Å². The summed E-state index contributed by atoms with van der Waals surface area (Å²) in [5.41, 5.74) is 1.44. The van der Waals surface area contributed by atoms with Gasteiger partial charge in [0.2, 0.25) is 5.91 Å². The Kier molecular flexibility index (Phi) is 5.43. The number of benzene rings is 2. The van der Waals surface area contributed by atoms with Crippen LogP contribution in [0.2, 0.25) is 0 Å². The minimum atomic E-state index is -0.303. The van der Waals surface area contributed by atoms with E-state index in [0.717, 1.165) is 18.4 Å². The summed E-state index contributed by atoms with van der Waals surface area (Å²) in [6.07, 6.45) is 2.03. The summed E-state index contributed by atoms with van der Waals surface area (Å²) < 4.78 is 13.1. The Labute approximate surface area is 146 Å². The Morgan fingerprint density at radius 2 is 1.60 bits per heavy atom. The van der Waals surface area contributed by atoms with Gasteiger partial charge in [-0.3, -0.25) is 9.59 Å². The molecule has 1 fully saturated rings. The fourth-order valence-corrected chi connectivity index (χ4v) is 2.90. The number of nitrogens with one attached hydrogen (secondary N) is 2. The molecule has 2 aromatic rings. The number of carbonyl (C=O) groups is 2. The summed E-state index contributed by atoms with van der Waals surface area (Å²) in [6.45, 7) is 0.724. The Hall–Kier alpha value is -2.69. The minimum absolute atomic E-state index is 0.0666. The van der Waals surface area contributed by atoms with Crippen LogP contribution in [0.1, 0.15) is 34.7 Å². The molecule has 2 aromatic carbocycles. The normalized spacial score (nSPS) is 14.6. The lowest BCUT2D eigenvalue weighted by Gasteiger charge is -2.17. The van der Waals surface area contributed by atoms with Gasteiger partial charge in [-0.15, -0.1) is 0 Å². The SMILES string of the molecule is O=C(NCCNC(=O)C(c1ccc(F)cc1)C1CC1)c1ccccc1. The first-order chi connectivity index (χ1) is 12.1. The molecular weight excluding hydrogens is 319 g/mol. The third kappa shape index (κ3) is 4.66. The van der Waals surface area contributed by atoms with E-state index in [0.29, 0.717) is 24.6 Å². The Morgan fingerprint density at radius 1 is 0.960 bits per heavy atom. The van der Waals surface area contributed by atoms with Gasteiger partial charge in [0.15, 0.2) is 0 Å². The third-order valence-electron chi connectivity index (χ3n) is 4.35. The smallest absolute Gasteiger partial charge is 0.251 e. The maximum absolute atomic E-state index is 13.1. The van der Waals surface area contributed by atoms with E-state index in [2.05, 4.69) is 10.6 Å². The largest absolute Gasteiger partial charge is 0.354 e. The van der Waals surface area contributed by atoms with Crippen molar-refractivity contribution in [2.45, 2.75) is 18.8 Å². The van der Waals surface area contributed by atoms with Gasteiger partial charge in [0.1, 0.15) is 5.82 Å². The highest BCUT2D eigenvalue weighted by Crippen LogP contribution is 2.42. The van der Waals surface area contributed by atoms with E-state index in [-0.39, 0.29) is 23.5 Å². The van der Waals surface area contributed by atoms with Gasteiger partial charge in [-0.1, -0.05) is 30.3 Å². The van der Waals surface area contributed by atoms with Gasteiger partial charge in [-0.05, 0) is 48.6 Å². The zero-order chi connectivity index (χ0) is 17.6. The van der Waals surface area contributed by atoms with E-state index in [1.165, 1.54) is 12.1 Å². The molecular formula is C20H21FN2O2. The molecule has 1 aliphatic carbocycles. The average molecular weight is 340 g/mol. The molecule has 1 unspecified atom stereocenters. The molecule has 3 rings (SSSR count). The molecule has 0 aliphatic heterocycles. The Balaban J connectivity index is 1.49. The molecule has 0 radical (unpaired) electrons. The van der Waals surface area contributed by atoms with Crippen LogP contribution in [0, 0.1) is 11.7 Å². The highest BCUT2D eigenvalue weighted by atomic mass is 19.1. The van der Waals surface area contributed by atoms with Gasteiger partial charge in [-0.2, -0.15) is 0 Å². The number of carbonyl (C=O) groups excluding carboxylic acids is 2. The summed E-state index contributed by atoms with van der Waals surface area (Å²) in [4.78, 5) is 24.4. The number of hydrogen-bond acceptors (Lipinski definition) is 2. The van der Waals surface area contributed by atoms with Crippen LogP contribution in [0.5, 0.6) is 0 Å². The predicted molar refractivity (Wildman–Crippen MR) is 93.6 cm³/mol. The average Bonchev–Trinajstić information content (AvgIpc) is 3.46. The van der Waals surface area contributed by atoms with Gasteiger partial charge < -0.3 is 10.6 Å². The van der Waals surface area contributed by atoms with Crippen molar-refractivity contribution in [2.24, 2.45) is 5.92 Å². The molecule has 25 heavy (non-hydrogen) atoms. The molecule has 4 nitrogen and oxygen atoms in total. The third-order valence-corrected chi connectivity index (χ3v) is 4.35. The van der Waals surface area contributed by atoms with Gasteiger partial charge in [0.25, 0.3) is 5.91 Å². The second kappa shape index (κ2) is 7.92. The molecule has 0 saturated heterocycles. The summed E-state index contributed by atoms with van der Waals surface area (Å²) >= 11 is 0. The Bertz CT molecular complexity index is 727. The molecule has 130 valence electrons. The van der Waals surface area contributed by atoms with Gasteiger partial charge in [0, 0.05) is 18.7 Å². The van der Waals surface area contributed by atoms with Crippen LogP contribution >= 0.6 is 0 Å². The van der Waals surface area contributed by atoms with Crippen molar-refractivity contribution >= 4 is 11.8 Å². The van der Waals surface area contributed by atoms with E-state index in [1.54, 1.807) is 36.4 Å². The van der Waals surface area contributed by atoms with Crippen molar-refractivity contribution < 1.29 is 14.0 Å². The molecule has 1 aliphatic rings. The van der Waals surface area contributed by atoms with Crippen LogP contribution in [-0.4, -0.2) is 24.9 Å². The van der Waals surface area contributed by atoms with Crippen LogP contribution in [0.3, 0.4) is 0 Å². The van der Waals surface area contributed by atoms with Crippen LogP contribution in [0.15, 0.2) is 54.6 Å². The summed E-state index contributed by atoms with van der Waals surface area (Å²) in [7, 11) is 0. The van der Waals surface area contributed by atoms with Crippen LogP contribution in [0.4, 0.5) is 4.39 Å². The van der Waals surface area contributed by atoms with E-state index in [1.807, 2.05) is 6.07 Å². The van der Waals surface area contributed by atoms with Crippen LogP contribution < -0.4 is 10.6 Å². The predicted octanol–water partition coefficient (Wildman–Crippen LogP) is 2.87. The first-order valence-corrected chi connectivity index (χ1v) is 8.51. The quantitative estimate of drug-likeness (QED) is 0.762. The monoisotopic (exact) mass is 340 g/mol. The zero-order valence-corrected chi connectivity index (χ0v) is 13.9. The highest BCUT2D eigenvalue weighted by molar-refractivity contribution is 5.94. The fraction of sp³-hybridized carbons (Fsp3) is 0.300. The molecule has 2 N–H and O–H groups in total. The van der Waals surface area contributed by atoms with Crippen molar-refractivity contribution in [3.05, 3.63) is 71.5 Å². The lowest BCUT2D eigenvalue weighted by molar-refractivity contribution is -0.123. The number of halogens is 1. The molecule has 1 saturated carbocycles. The highest BCUT2D eigenvalue weighted by Gasteiger charge is 2.37. The molecule has 2 amide bonds. The van der Waals surface area contributed by atoms with Crippen molar-refractivity contribution in [1.29, 1.82) is 0 Å². The van der Waals surface area contributed by atoms with Gasteiger partial charge in [-0.25, -0.2) is 4.39 Å². The second-order valence-electron chi connectivity index (χ2n) is 6.28. The lowest BCUT2D eigenvalue weighted by atomic mass is 9.93. The first kappa shape index (κ1) is 17.1. The Morgan fingerprint density at radius 3 is 2.24 bits per heavy atom. The number of rotatable bonds is 7. The minimum Gasteiger partial charge on any atom is -0.354 e. The van der Waals surface area contributed by atoms with Gasteiger partial charge >= 0.3 is 0 Å². The fourth-order valence-electron chi connectivity index (χ4n) is 2.90. The first-order valence-electron chi connectivity index (χ1n) is 8.51. The maximum atomic E-state index is 13.1. The maximum Gasteiger partial charge on any atom is 0.251 e. The van der Waals surface area contributed by atoms with Crippen molar-refractivity contribution in [3.8, 4) is 0 Å². The summed E-state index contributed by atoms with van der Waals surface area (Å²) in [5, 5.41) is 5.66. The van der Waals surface area contributed by atoms with Crippen molar-refractivity contribution in [3.63, 3.8) is 0 Å². The summed E-state index contributed by atoms with van der Waals surface area (Å²) in [6, 6.07) is 15.1. The number of hydrogen-bond donors (Lipinski definition) is 2. The van der Waals surface area contributed by atoms with Crippen LogP contribution in [0.25, 0.3) is 0 Å². The molecule has 1 atom stereocenters. The van der Waals surface area contributed by atoms with E-state index < -0.39 is 0 Å². The van der Waals surface area contributed by atoms with Gasteiger partial charge in [0.05, 0.1) is 5.92 Å². The molecule has 0 bridgehead atoms.